The lowest BCUT2D eigenvalue weighted by Crippen LogP contribution is -2.37. The summed E-state index contributed by atoms with van der Waals surface area (Å²) in [5.41, 5.74) is 4.45. The molecule has 2 aromatic carbocycles. The monoisotopic (exact) mass is 299 g/mol. The maximum Gasteiger partial charge on any atom is 0.0409 e. The summed E-state index contributed by atoms with van der Waals surface area (Å²) >= 11 is 6.08. The molecule has 0 amide bonds. The van der Waals surface area contributed by atoms with E-state index in [1.807, 2.05) is 18.2 Å². The number of benzene rings is 2. The molecule has 0 saturated carbocycles. The van der Waals surface area contributed by atoms with Gasteiger partial charge in [0.1, 0.15) is 0 Å². The lowest BCUT2D eigenvalue weighted by atomic mass is 9.70. The Morgan fingerprint density at radius 1 is 1.14 bits per heavy atom. The van der Waals surface area contributed by atoms with Crippen LogP contribution in [0.4, 0.5) is 0 Å². The quantitative estimate of drug-likeness (QED) is 0.827. The van der Waals surface area contributed by atoms with Gasteiger partial charge in [0.25, 0.3) is 0 Å². The van der Waals surface area contributed by atoms with Crippen LogP contribution in [0.2, 0.25) is 5.02 Å². The first-order valence-electron chi connectivity index (χ1n) is 7.62. The fraction of sp³-hybridized carbons (Fsp3) is 0.368. The molecule has 1 aliphatic carbocycles. The molecular formula is C19H22ClN. The van der Waals surface area contributed by atoms with E-state index >= 15 is 0 Å². The van der Waals surface area contributed by atoms with E-state index in [2.05, 4.69) is 49.5 Å². The predicted octanol–water partition coefficient (Wildman–Crippen LogP) is 5.14. The van der Waals surface area contributed by atoms with Crippen LogP contribution in [0.1, 0.15) is 43.0 Å². The van der Waals surface area contributed by atoms with Crippen molar-refractivity contribution in [2.75, 3.05) is 0 Å². The van der Waals surface area contributed by atoms with Crippen LogP contribution < -0.4 is 5.32 Å². The average molecular weight is 300 g/mol. The van der Waals surface area contributed by atoms with Crippen molar-refractivity contribution in [2.45, 2.75) is 39.3 Å². The number of hydrogen-bond acceptors (Lipinski definition) is 1. The van der Waals surface area contributed by atoms with Crippen molar-refractivity contribution in [1.82, 2.24) is 5.32 Å². The Balaban J connectivity index is 1.83. The molecule has 0 saturated heterocycles. The Morgan fingerprint density at radius 3 is 2.76 bits per heavy atom. The first-order chi connectivity index (χ1) is 10.1. The number of fused-ring (bicyclic) bond motifs is 1. The number of hydrogen-bond donors (Lipinski definition) is 1. The molecule has 2 heteroatoms. The highest BCUT2D eigenvalue weighted by molar-refractivity contribution is 6.30. The molecule has 110 valence electrons. The molecule has 0 aliphatic heterocycles. The van der Waals surface area contributed by atoms with E-state index in [1.54, 1.807) is 0 Å². The van der Waals surface area contributed by atoms with Crippen molar-refractivity contribution >= 4 is 11.6 Å². The van der Waals surface area contributed by atoms with Gasteiger partial charge in [-0.15, -0.1) is 0 Å². The average Bonchev–Trinajstić information content (AvgIpc) is 2.46. The maximum absolute atomic E-state index is 6.08. The van der Waals surface area contributed by atoms with Crippen molar-refractivity contribution in [3.8, 4) is 0 Å². The third-order valence-electron chi connectivity index (χ3n) is 4.59. The van der Waals surface area contributed by atoms with Crippen molar-refractivity contribution in [3.05, 3.63) is 70.2 Å². The number of aryl methyl sites for hydroxylation is 1. The predicted molar refractivity (Wildman–Crippen MR) is 89.6 cm³/mol. The van der Waals surface area contributed by atoms with Gasteiger partial charge in [0, 0.05) is 17.6 Å². The van der Waals surface area contributed by atoms with Gasteiger partial charge >= 0.3 is 0 Å². The SMILES string of the molecule is CC1(C)CCc2ccccc2C1NCc1cccc(Cl)c1. The summed E-state index contributed by atoms with van der Waals surface area (Å²) in [5, 5.41) is 4.56. The number of nitrogens with one attached hydrogen (secondary N) is 1. The Morgan fingerprint density at radius 2 is 1.95 bits per heavy atom. The topological polar surface area (TPSA) is 12.0 Å². The Hall–Kier alpha value is -1.31. The second-order valence-corrected chi connectivity index (χ2v) is 7.07. The molecule has 1 nitrogen and oxygen atoms in total. The summed E-state index contributed by atoms with van der Waals surface area (Å²) in [6.07, 6.45) is 2.40. The molecule has 21 heavy (non-hydrogen) atoms. The van der Waals surface area contributed by atoms with E-state index in [0.29, 0.717) is 6.04 Å². The van der Waals surface area contributed by atoms with Crippen LogP contribution in [0.25, 0.3) is 0 Å². The maximum atomic E-state index is 6.08. The first kappa shape index (κ1) is 14.6. The summed E-state index contributed by atoms with van der Waals surface area (Å²) in [6, 6.07) is 17.3. The molecule has 1 N–H and O–H groups in total. The van der Waals surface area contributed by atoms with E-state index < -0.39 is 0 Å². The normalized spacial score (nSPS) is 20.0. The zero-order valence-corrected chi connectivity index (χ0v) is 13.5. The summed E-state index contributed by atoms with van der Waals surface area (Å²) in [5.74, 6) is 0. The minimum atomic E-state index is 0.271. The van der Waals surface area contributed by atoms with E-state index in [1.165, 1.54) is 29.5 Å². The third kappa shape index (κ3) is 3.14. The second-order valence-electron chi connectivity index (χ2n) is 6.63. The zero-order valence-electron chi connectivity index (χ0n) is 12.7. The van der Waals surface area contributed by atoms with Gasteiger partial charge in [-0.2, -0.15) is 0 Å². The van der Waals surface area contributed by atoms with Crippen LogP contribution in [0.15, 0.2) is 48.5 Å². The lowest BCUT2D eigenvalue weighted by molar-refractivity contribution is 0.208. The minimum Gasteiger partial charge on any atom is -0.305 e. The Labute approximate surface area is 132 Å². The standard InChI is InChI=1S/C19H22ClN/c1-19(2)11-10-15-7-3-4-9-17(15)18(19)21-13-14-6-5-8-16(20)12-14/h3-9,12,18,21H,10-11,13H2,1-2H3. The summed E-state index contributed by atoms with van der Waals surface area (Å²) in [4.78, 5) is 0. The molecule has 0 radical (unpaired) electrons. The molecule has 3 rings (SSSR count). The van der Waals surface area contributed by atoms with Gasteiger partial charge in [-0.25, -0.2) is 0 Å². The van der Waals surface area contributed by atoms with E-state index in [9.17, 15) is 0 Å². The molecule has 1 unspecified atom stereocenters. The van der Waals surface area contributed by atoms with Gasteiger partial charge < -0.3 is 5.32 Å². The largest absolute Gasteiger partial charge is 0.305 e. The van der Waals surface area contributed by atoms with Crippen LogP contribution in [-0.2, 0) is 13.0 Å². The fourth-order valence-corrected chi connectivity index (χ4v) is 3.53. The van der Waals surface area contributed by atoms with E-state index in [0.717, 1.165) is 11.6 Å². The van der Waals surface area contributed by atoms with Crippen LogP contribution in [0.3, 0.4) is 0 Å². The van der Waals surface area contributed by atoms with Gasteiger partial charge in [-0.3, -0.25) is 0 Å². The molecule has 0 spiro atoms. The first-order valence-corrected chi connectivity index (χ1v) is 8.00. The van der Waals surface area contributed by atoms with Crippen molar-refractivity contribution in [1.29, 1.82) is 0 Å². The molecule has 0 fully saturated rings. The van der Waals surface area contributed by atoms with Gasteiger partial charge in [0.2, 0.25) is 0 Å². The Bertz CT molecular complexity index is 633. The van der Waals surface area contributed by atoms with Gasteiger partial charge in [0.05, 0.1) is 0 Å². The van der Waals surface area contributed by atoms with Crippen molar-refractivity contribution in [2.24, 2.45) is 5.41 Å². The van der Waals surface area contributed by atoms with E-state index in [4.69, 9.17) is 11.6 Å². The molecule has 1 atom stereocenters. The smallest absolute Gasteiger partial charge is 0.0409 e. The van der Waals surface area contributed by atoms with Gasteiger partial charge in [-0.1, -0.05) is 61.8 Å². The molecular weight excluding hydrogens is 278 g/mol. The van der Waals surface area contributed by atoms with Crippen LogP contribution in [0.5, 0.6) is 0 Å². The number of rotatable bonds is 3. The minimum absolute atomic E-state index is 0.271. The van der Waals surface area contributed by atoms with Crippen LogP contribution in [0, 0.1) is 5.41 Å². The second kappa shape index (κ2) is 5.82. The third-order valence-corrected chi connectivity index (χ3v) is 4.82. The fourth-order valence-electron chi connectivity index (χ4n) is 3.32. The van der Waals surface area contributed by atoms with Crippen molar-refractivity contribution < 1.29 is 0 Å². The molecule has 0 bridgehead atoms. The van der Waals surface area contributed by atoms with Crippen LogP contribution >= 0.6 is 11.6 Å². The highest BCUT2D eigenvalue weighted by atomic mass is 35.5. The van der Waals surface area contributed by atoms with Gasteiger partial charge in [-0.05, 0) is 47.1 Å². The van der Waals surface area contributed by atoms with Crippen LogP contribution in [-0.4, -0.2) is 0 Å². The van der Waals surface area contributed by atoms with Gasteiger partial charge in [0.15, 0.2) is 0 Å². The highest BCUT2D eigenvalue weighted by Gasteiger charge is 2.35. The number of halogens is 1. The Kier molecular flexibility index (Phi) is 4.05. The highest BCUT2D eigenvalue weighted by Crippen LogP contribution is 2.43. The molecule has 1 aliphatic rings. The molecule has 2 aromatic rings. The summed E-state index contributed by atoms with van der Waals surface area (Å²) < 4.78 is 0. The van der Waals surface area contributed by atoms with Crippen molar-refractivity contribution in [3.63, 3.8) is 0 Å². The summed E-state index contributed by atoms with van der Waals surface area (Å²) in [7, 11) is 0. The molecule has 0 aromatic heterocycles. The summed E-state index contributed by atoms with van der Waals surface area (Å²) in [6.45, 7) is 5.57. The van der Waals surface area contributed by atoms with E-state index in [-0.39, 0.29) is 5.41 Å². The molecule has 0 heterocycles. The zero-order chi connectivity index (χ0) is 14.9. The lowest BCUT2D eigenvalue weighted by Gasteiger charge is -2.40.